The Labute approximate surface area is 112 Å². The van der Waals surface area contributed by atoms with Crippen molar-refractivity contribution < 1.29 is 18.3 Å². The number of hydrogen-bond donors (Lipinski definition) is 1. The van der Waals surface area contributed by atoms with Gasteiger partial charge in [-0.2, -0.15) is 17.0 Å². The van der Waals surface area contributed by atoms with Gasteiger partial charge >= 0.3 is 5.97 Å². The number of carboxylic acids is 1. The van der Waals surface area contributed by atoms with Crippen LogP contribution in [0.5, 0.6) is 0 Å². The zero-order valence-corrected chi connectivity index (χ0v) is 11.2. The molecule has 0 aliphatic carbocycles. The molecule has 7 heteroatoms. The average molecular weight is 284 g/mol. The van der Waals surface area contributed by atoms with Crippen LogP contribution in [-0.4, -0.2) is 47.7 Å². The van der Waals surface area contributed by atoms with Crippen LogP contribution in [0.25, 0.3) is 0 Å². The molecule has 0 atom stereocenters. The Balaban J connectivity index is 2.14. The lowest BCUT2D eigenvalue weighted by molar-refractivity contribution is -0.137. The second kappa shape index (κ2) is 5.68. The SMILES string of the molecule is O=C(O)CN1CCCN(Cc2ccccc2)S1(=O)=O. The summed E-state index contributed by atoms with van der Waals surface area (Å²) in [5.41, 5.74) is 0.892. The predicted octanol–water partition coefficient (Wildman–Crippen LogP) is 0.524. The van der Waals surface area contributed by atoms with Crippen molar-refractivity contribution in [1.29, 1.82) is 0 Å². The van der Waals surface area contributed by atoms with Crippen molar-refractivity contribution in [3.63, 3.8) is 0 Å². The van der Waals surface area contributed by atoms with Gasteiger partial charge in [0.2, 0.25) is 0 Å². The van der Waals surface area contributed by atoms with Gasteiger partial charge in [-0.05, 0) is 12.0 Å². The van der Waals surface area contributed by atoms with Crippen LogP contribution in [0.2, 0.25) is 0 Å². The van der Waals surface area contributed by atoms with Crippen LogP contribution in [0.15, 0.2) is 30.3 Å². The molecule has 0 spiro atoms. The van der Waals surface area contributed by atoms with E-state index >= 15 is 0 Å². The fraction of sp³-hybridized carbons (Fsp3) is 0.417. The van der Waals surface area contributed by atoms with Gasteiger partial charge in [0.05, 0.1) is 0 Å². The minimum Gasteiger partial charge on any atom is -0.480 e. The summed E-state index contributed by atoms with van der Waals surface area (Å²) in [5.74, 6) is -1.13. The Morgan fingerprint density at radius 3 is 2.42 bits per heavy atom. The van der Waals surface area contributed by atoms with Crippen molar-refractivity contribution in [2.45, 2.75) is 13.0 Å². The number of nitrogens with zero attached hydrogens (tertiary/aromatic N) is 2. The van der Waals surface area contributed by atoms with Gasteiger partial charge in [0.25, 0.3) is 10.2 Å². The normalized spacial score (nSPS) is 20.2. The third kappa shape index (κ3) is 3.31. The smallest absolute Gasteiger partial charge is 0.318 e. The van der Waals surface area contributed by atoms with E-state index in [1.807, 2.05) is 30.3 Å². The second-order valence-corrected chi connectivity index (χ2v) is 6.34. The Kier molecular flexibility index (Phi) is 4.18. The molecule has 0 unspecified atom stereocenters. The Morgan fingerprint density at radius 2 is 1.79 bits per heavy atom. The summed E-state index contributed by atoms with van der Waals surface area (Å²) in [5, 5.41) is 8.75. The molecule has 1 aromatic carbocycles. The molecule has 19 heavy (non-hydrogen) atoms. The van der Waals surface area contributed by atoms with Crippen molar-refractivity contribution in [3.05, 3.63) is 35.9 Å². The first-order chi connectivity index (χ1) is 9.00. The van der Waals surface area contributed by atoms with E-state index in [9.17, 15) is 13.2 Å². The molecular formula is C12H16N2O4S. The molecule has 0 amide bonds. The van der Waals surface area contributed by atoms with Gasteiger partial charge in [0, 0.05) is 19.6 Å². The Morgan fingerprint density at radius 1 is 1.16 bits per heavy atom. The number of carbonyl (C=O) groups is 1. The summed E-state index contributed by atoms with van der Waals surface area (Å²) in [6.45, 7) is 0.486. The summed E-state index contributed by atoms with van der Waals surface area (Å²) < 4.78 is 26.8. The third-order valence-electron chi connectivity index (χ3n) is 2.98. The van der Waals surface area contributed by atoms with Crippen molar-refractivity contribution in [2.24, 2.45) is 0 Å². The highest BCUT2D eigenvalue weighted by Crippen LogP contribution is 2.18. The van der Waals surface area contributed by atoms with Gasteiger partial charge in [-0.1, -0.05) is 30.3 Å². The van der Waals surface area contributed by atoms with Crippen LogP contribution >= 0.6 is 0 Å². The molecule has 1 N–H and O–H groups in total. The van der Waals surface area contributed by atoms with Gasteiger partial charge in [0.15, 0.2) is 0 Å². The molecule has 0 saturated carbocycles. The van der Waals surface area contributed by atoms with Gasteiger partial charge in [-0.15, -0.1) is 0 Å². The highest BCUT2D eigenvalue weighted by Gasteiger charge is 2.34. The Hall–Kier alpha value is -1.44. The van der Waals surface area contributed by atoms with Crippen LogP contribution in [0.4, 0.5) is 0 Å². The lowest BCUT2D eigenvalue weighted by Crippen LogP contribution is -2.50. The zero-order valence-electron chi connectivity index (χ0n) is 10.4. The first kappa shape index (κ1) is 14.0. The fourth-order valence-electron chi connectivity index (χ4n) is 2.08. The van der Waals surface area contributed by atoms with Crippen LogP contribution in [0, 0.1) is 0 Å². The maximum absolute atomic E-state index is 12.2. The van der Waals surface area contributed by atoms with Gasteiger partial charge in [0.1, 0.15) is 6.54 Å². The molecule has 2 rings (SSSR count). The minimum atomic E-state index is -3.67. The van der Waals surface area contributed by atoms with Crippen LogP contribution in [0.3, 0.4) is 0 Å². The van der Waals surface area contributed by atoms with E-state index in [0.717, 1.165) is 9.87 Å². The number of hydrogen-bond acceptors (Lipinski definition) is 3. The van der Waals surface area contributed by atoms with E-state index in [0.29, 0.717) is 13.0 Å². The molecule has 0 bridgehead atoms. The molecule has 1 aliphatic rings. The lowest BCUT2D eigenvalue weighted by Gasteiger charge is -2.33. The summed E-state index contributed by atoms with van der Waals surface area (Å²) in [4.78, 5) is 10.7. The monoisotopic (exact) mass is 284 g/mol. The fourth-order valence-corrected chi connectivity index (χ4v) is 3.71. The molecule has 1 aromatic rings. The average Bonchev–Trinajstić information content (AvgIpc) is 2.35. The number of benzene rings is 1. The molecular weight excluding hydrogens is 268 g/mol. The highest BCUT2D eigenvalue weighted by molar-refractivity contribution is 7.86. The number of aliphatic carboxylic acids is 1. The van der Waals surface area contributed by atoms with Crippen molar-refractivity contribution in [1.82, 2.24) is 8.61 Å². The lowest BCUT2D eigenvalue weighted by atomic mass is 10.2. The largest absolute Gasteiger partial charge is 0.480 e. The van der Waals surface area contributed by atoms with E-state index < -0.39 is 22.7 Å². The molecule has 1 heterocycles. The summed E-state index contributed by atoms with van der Waals surface area (Å²) in [6, 6.07) is 9.27. The topological polar surface area (TPSA) is 77.9 Å². The molecule has 0 radical (unpaired) electrons. The maximum Gasteiger partial charge on any atom is 0.318 e. The van der Waals surface area contributed by atoms with Gasteiger partial charge < -0.3 is 5.11 Å². The minimum absolute atomic E-state index is 0.264. The third-order valence-corrected chi connectivity index (χ3v) is 4.91. The van der Waals surface area contributed by atoms with Gasteiger partial charge in [-0.25, -0.2) is 0 Å². The summed E-state index contributed by atoms with van der Waals surface area (Å²) in [6.07, 6.45) is 0.638. The zero-order chi connectivity index (χ0) is 13.9. The van der Waals surface area contributed by atoms with Crippen LogP contribution in [-0.2, 0) is 21.5 Å². The second-order valence-electron chi connectivity index (χ2n) is 4.41. The number of carboxylic acid groups (broad SMARTS) is 1. The molecule has 104 valence electrons. The van der Waals surface area contributed by atoms with E-state index in [-0.39, 0.29) is 13.1 Å². The van der Waals surface area contributed by atoms with Gasteiger partial charge in [-0.3, -0.25) is 4.79 Å². The predicted molar refractivity (Wildman–Crippen MR) is 69.6 cm³/mol. The first-order valence-corrected chi connectivity index (χ1v) is 7.41. The maximum atomic E-state index is 12.2. The molecule has 1 saturated heterocycles. The quantitative estimate of drug-likeness (QED) is 0.874. The molecule has 1 fully saturated rings. The number of rotatable bonds is 4. The van der Waals surface area contributed by atoms with E-state index in [2.05, 4.69) is 0 Å². The molecule has 6 nitrogen and oxygen atoms in total. The summed E-state index contributed by atoms with van der Waals surface area (Å²) in [7, 11) is -3.67. The van der Waals surface area contributed by atoms with Crippen molar-refractivity contribution >= 4 is 16.2 Å². The van der Waals surface area contributed by atoms with E-state index in [1.54, 1.807) is 0 Å². The highest BCUT2D eigenvalue weighted by atomic mass is 32.2. The van der Waals surface area contributed by atoms with Crippen molar-refractivity contribution in [3.8, 4) is 0 Å². The molecule has 0 aromatic heterocycles. The van der Waals surface area contributed by atoms with E-state index in [4.69, 9.17) is 5.11 Å². The van der Waals surface area contributed by atoms with Crippen LogP contribution < -0.4 is 0 Å². The molecule has 1 aliphatic heterocycles. The first-order valence-electron chi connectivity index (χ1n) is 6.01. The summed E-state index contributed by atoms with van der Waals surface area (Å²) >= 11 is 0. The van der Waals surface area contributed by atoms with Crippen molar-refractivity contribution in [2.75, 3.05) is 19.6 Å². The standard InChI is InChI=1S/C12H16N2O4S/c15-12(16)10-14-8-4-7-13(19(14,17)18)9-11-5-2-1-3-6-11/h1-3,5-6H,4,7-10H2,(H,15,16). The van der Waals surface area contributed by atoms with E-state index in [1.165, 1.54) is 4.31 Å². The Bertz CT molecular complexity index is 544. The van der Waals surface area contributed by atoms with Crippen LogP contribution in [0.1, 0.15) is 12.0 Å².